The monoisotopic (exact) mass is 478 g/mol. The summed E-state index contributed by atoms with van der Waals surface area (Å²) in [6.45, 7) is 8.49. The lowest BCUT2D eigenvalue weighted by molar-refractivity contribution is -0.114. The van der Waals surface area contributed by atoms with Gasteiger partial charge in [-0.15, -0.1) is 0 Å². The van der Waals surface area contributed by atoms with Crippen molar-refractivity contribution in [1.29, 1.82) is 0 Å². The summed E-state index contributed by atoms with van der Waals surface area (Å²) >= 11 is 0. The van der Waals surface area contributed by atoms with Crippen molar-refractivity contribution in [3.05, 3.63) is 12.8 Å². The Morgan fingerprint density at radius 3 is 1.82 bits per heavy atom. The van der Waals surface area contributed by atoms with Crippen molar-refractivity contribution in [1.82, 2.24) is 0 Å². The van der Waals surface area contributed by atoms with Gasteiger partial charge in [0, 0.05) is 0 Å². The van der Waals surface area contributed by atoms with Crippen molar-refractivity contribution in [2.75, 3.05) is 19.8 Å². The third-order valence-electron chi connectivity index (χ3n) is 8.24. The van der Waals surface area contributed by atoms with Gasteiger partial charge in [-0.1, -0.05) is 123 Å². The molecular weight excluding hydrogens is 420 g/mol. The molecule has 2 atom stereocenters. The van der Waals surface area contributed by atoms with E-state index in [4.69, 9.17) is 14.2 Å². The van der Waals surface area contributed by atoms with E-state index in [1.807, 2.05) is 0 Å². The molecule has 2 rings (SSSR count). The molecule has 1 aliphatic heterocycles. The van der Waals surface area contributed by atoms with Crippen molar-refractivity contribution < 1.29 is 14.2 Å². The lowest BCUT2D eigenvalue weighted by Crippen LogP contribution is -2.43. The van der Waals surface area contributed by atoms with Gasteiger partial charge in [0.25, 0.3) is 0 Å². The van der Waals surface area contributed by atoms with Crippen molar-refractivity contribution in [3.63, 3.8) is 0 Å². The highest BCUT2D eigenvalue weighted by atomic mass is 16.6. The maximum atomic E-state index is 6.89. The van der Waals surface area contributed by atoms with E-state index in [-0.39, 0.29) is 5.60 Å². The molecule has 2 unspecified atom stereocenters. The Bertz CT molecular complexity index is 469. The highest BCUT2D eigenvalue weighted by Crippen LogP contribution is 2.42. The van der Waals surface area contributed by atoms with Crippen molar-refractivity contribution >= 4 is 0 Å². The normalized spacial score (nSPS) is 20.2. The first-order chi connectivity index (χ1) is 16.8. The van der Waals surface area contributed by atoms with Gasteiger partial charge in [-0.2, -0.15) is 0 Å². The first-order valence-electron chi connectivity index (χ1n) is 15.3. The van der Waals surface area contributed by atoms with Crippen LogP contribution in [0.2, 0.25) is 0 Å². The van der Waals surface area contributed by atoms with Crippen LogP contribution in [0.1, 0.15) is 148 Å². The molecule has 34 heavy (non-hydrogen) atoms. The molecule has 2 aliphatic rings. The minimum atomic E-state index is 0.126. The SMILES string of the molecule is C=COCCCCCCCCCCC(CCCCCCCCC)(OCC1CO1)C1CCCCC1. The van der Waals surface area contributed by atoms with E-state index in [1.54, 1.807) is 6.26 Å². The van der Waals surface area contributed by atoms with Gasteiger partial charge < -0.3 is 14.2 Å². The van der Waals surface area contributed by atoms with Crippen LogP contribution in [0.5, 0.6) is 0 Å². The number of hydrogen-bond acceptors (Lipinski definition) is 3. The molecule has 2 fully saturated rings. The number of epoxide rings is 1. The fourth-order valence-corrected chi connectivity index (χ4v) is 5.98. The fraction of sp³-hybridized carbons (Fsp3) is 0.935. The molecule has 0 spiro atoms. The van der Waals surface area contributed by atoms with Crippen molar-refractivity contribution in [3.8, 4) is 0 Å². The molecule has 1 aliphatic carbocycles. The van der Waals surface area contributed by atoms with Gasteiger partial charge in [0.05, 0.1) is 31.7 Å². The van der Waals surface area contributed by atoms with Crippen LogP contribution in [-0.2, 0) is 14.2 Å². The van der Waals surface area contributed by atoms with E-state index >= 15 is 0 Å². The molecule has 0 amide bonds. The molecule has 200 valence electrons. The van der Waals surface area contributed by atoms with E-state index < -0.39 is 0 Å². The third kappa shape index (κ3) is 13.5. The topological polar surface area (TPSA) is 31.0 Å². The van der Waals surface area contributed by atoms with Crippen LogP contribution in [0, 0.1) is 5.92 Å². The number of unbranched alkanes of at least 4 members (excludes halogenated alkanes) is 13. The van der Waals surface area contributed by atoms with Gasteiger partial charge in [-0.3, -0.25) is 0 Å². The minimum Gasteiger partial charge on any atom is -0.502 e. The molecule has 0 N–H and O–H groups in total. The molecule has 0 aromatic heterocycles. The zero-order valence-corrected chi connectivity index (χ0v) is 22.8. The van der Waals surface area contributed by atoms with E-state index in [0.717, 1.165) is 32.2 Å². The molecule has 1 saturated carbocycles. The van der Waals surface area contributed by atoms with Gasteiger partial charge in [0.15, 0.2) is 0 Å². The summed E-state index contributed by atoms with van der Waals surface area (Å²) in [5.41, 5.74) is 0.126. The average Bonchev–Trinajstić information content (AvgIpc) is 3.70. The first-order valence-corrected chi connectivity index (χ1v) is 15.3. The zero-order valence-electron chi connectivity index (χ0n) is 22.8. The first kappa shape index (κ1) is 29.7. The van der Waals surface area contributed by atoms with E-state index in [2.05, 4.69) is 13.5 Å². The number of ether oxygens (including phenoxy) is 3. The second kappa shape index (κ2) is 19.6. The molecule has 3 nitrogen and oxygen atoms in total. The third-order valence-corrected chi connectivity index (χ3v) is 8.24. The van der Waals surface area contributed by atoms with Gasteiger partial charge in [-0.25, -0.2) is 0 Å². The second-order valence-corrected chi connectivity index (χ2v) is 11.2. The maximum Gasteiger partial charge on any atom is 0.104 e. The van der Waals surface area contributed by atoms with Gasteiger partial charge >= 0.3 is 0 Å². The van der Waals surface area contributed by atoms with Crippen LogP contribution in [0.15, 0.2) is 12.8 Å². The molecule has 3 heteroatoms. The van der Waals surface area contributed by atoms with Crippen LogP contribution in [-0.4, -0.2) is 31.5 Å². The van der Waals surface area contributed by atoms with E-state index in [1.165, 1.54) is 135 Å². The molecule has 1 heterocycles. The largest absolute Gasteiger partial charge is 0.502 e. The second-order valence-electron chi connectivity index (χ2n) is 11.2. The standard InChI is InChI=1S/C31H58O3/c1-3-5-6-7-10-13-19-24-31(34-28-30-27-33-30,29-22-17-16-18-23-29)25-20-14-11-8-9-12-15-21-26-32-4-2/h4,29-30H,2-3,5-28H2,1H3. The summed E-state index contributed by atoms with van der Waals surface area (Å²) in [7, 11) is 0. The smallest absolute Gasteiger partial charge is 0.104 e. The summed E-state index contributed by atoms with van der Waals surface area (Å²) in [6.07, 6.45) is 31.9. The fourth-order valence-electron chi connectivity index (χ4n) is 5.98. The Hall–Kier alpha value is -0.540. The van der Waals surface area contributed by atoms with Crippen LogP contribution >= 0.6 is 0 Å². The molecule has 0 aromatic carbocycles. The summed E-state index contributed by atoms with van der Waals surface area (Å²) in [6, 6.07) is 0. The average molecular weight is 479 g/mol. The van der Waals surface area contributed by atoms with Crippen LogP contribution in [0.4, 0.5) is 0 Å². The van der Waals surface area contributed by atoms with E-state index in [0.29, 0.717) is 6.10 Å². The molecule has 1 saturated heterocycles. The highest BCUT2D eigenvalue weighted by molar-refractivity contribution is 4.91. The van der Waals surface area contributed by atoms with Crippen LogP contribution in [0.25, 0.3) is 0 Å². The predicted octanol–water partition coefficient (Wildman–Crippen LogP) is 9.53. The van der Waals surface area contributed by atoms with Crippen molar-refractivity contribution in [2.24, 2.45) is 5.92 Å². The summed E-state index contributed by atoms with van der Waals surface area (Å²) in [5, 5.41) is 0. The lowest BCUT2D eigenvalue weighted by Gasteiger charge is -2.43. The molecule has 0 radical (unpaired) electrons. The van der Waals surface area contributed by atoms with E-state index in [9.17, 15) is 0 Å². The lowest BCUT2D eigenvalue weighted by atomic mass is 9.71. The number of rotatable bonds is 24. The summed E-state index contributed by atoms with van der Waals surface area (Å²) < 4.78 is 17.6. The van der Waals surface area contributed by atoms with Crippen molar-refractivity contribution in [2.45, 2.75) is 160 Å². The predicted molar refractivity (Wildman–Crippen MR) is 145 cm³/mol. The Morgan fingerprint density at radius 1 is 0.765 bits per heavy atom. The Balaban J connectivity index is 1.73. The summed E-state index contributed by atoms with van der Waals surface area (Å²) in [4.78, 5) is 0. The van der Waals surface area contributed by atoms with Gasteiger partial charge in [0.1, 0.15) is 6.10 Å². The Kier molecular flexibility index (Phi) is 17.1. The minimum absolute atomic E-state index is 0.126. The Labute approximate surface area is 212 Å². The maximum absolute atomic E-state index is 6.89. The zero-order chi connectivity index (χ0) is 24.2. The molecule has 0 aromatic rings. The highest BCUT2D eigenvalue weighted by Gasteiger charge is 2.40. The quantitative estimate of drug-likeness (QED) is 0.0786. The molecule has 0 bridgehead atoms. The Morgan fingerprint density at radius 2 is 1.29 bits per heavy atom. The van der Waals surface area contributed by atoms with Crippen LogP contribution < -0.4 is 0 Å². The summed E-state index contributed by atoms with van der Waals surface area (Å²) in [5.74, 6) is 0.776. The number of hydrogen-bond donors (Lipinski definition) is 0. The van der Waals surface area contributed by atoms with Gasteiger partial charge in [0.2, 0.25) is 0 Å². The molecular formula is C31H58O3. The van der Waals surface area contributed by atoms with Gasteiger partial charge in [-0.05, 0) is 38.0 Å². The van der Waals surface area contributed by atoms with Crippen LogP contribution in [0.3, 0.4) is 0 Å².